The summed E-state index contributed by atoms with van der Waals surface area (Å²) < 4.78 is 0. The molecule has 74 valence electrons. The van der Waals surface area contributed by atoms with Gasteiger partial charge in [-0.05, 0) is 18.6 Å². The molecule has 0 spiro atoms. The maximum absolute atomic E-state index is 6.00. The lowest BCUT2D eigenvalue weighted by Crippen LogP contribution is -2.24. The summed E-state index contributed by atoms with van der Waals surface area (Å²) in [5.74, 6) is 2.62. The van der Waals surface area contributed by atoms with Crippen molar-refractivity contribution in [2.75, 3.05) is 0 Å². The fourth-order valence-corrected chi connectivity index (χ4v) is 1.38. The highest BCUT2D eigenvalue weighted by Crippen LogP contribution is 2.14. The van der Waals surface area contributed by atoms with Gasteiger partial charge in [-0.15, -0.1) is 12.3 Å². The van der Waals surface area contributed by atoms with Crippen LogP contribution in [0.1, 0.15) is 18.9 Å². The normalized spacial score (nSPS) is 12.1. The molecule has 0 saturated carbocycles. The molecule has 0 aromatic heterocycles. The van der Waals surface area contributed by atoms with Crippen LogP contribution < -0.4 is 5.32 Å². The van der Waals surface area contributed by atoms with E-state index in [0.717, 1.165) is 23.6 Å². The molecule has 0 radical (unpaired) electrons. The lowest BCUT2D eigenvalue weighted by molar-refractivity contribution is 0.559. The van der Waals surface area contributed by atoms with E-state index in [1.807, 2.05) is 24.3 Å². The highest BCUT2D eigenvalue weighted by molar-refractivity contribution is 6.31. The molecule has 1 rings (SSSR count). The number of nitrogens with one attached hydrogen (secondary N) is 1. The summed E-state index contributed by atoms with van der Waals surface area (Å²) in [6.07, 6.45) is 5.95. The predicted octanol–water partition coefficient (Wildman–Crippen LogP) is 2.84. The number of benzene rings is 1. The molecular formula is C12H14ClN. The monoisotopic (exact) mass is 207 g/mol. The summed E-state index contributed by atoms with van der Waals surface area (Å²) in [6, 6.07) is 8.14. The van der Waals surface area contributed by atoms with Crippen molar-refractivity contribution in [3.8, 4) is 12.3 Å². The third kappa shape index (κ3) is 3.41. The van der Waals surface area contributed by atoms with Gasteiger partial charge in [0, 0.05) is 24.0 Å². The lowest BCUT2D eigenvalue weighted by atomic mass is 10.2. The van der Waals surface area contributed by atoms with Gasteiger partial charge < -0.3 is 5.32 Å². The summed E-state index contributed by atoms with van der Waals surface area (Å²) in [6.45, 7) is 2.83. The van der Waals surface area contributed by atoms with Crippen molar-refractivity contribution in [2.45, 2.75) is 25.9 Å². The fourth-order valence-electron chi connectivity index (χ4n) is 1.17. The lowest BCUT2D eigenvalue weighted by Gasteiger charge is -2.11. The zero-order valence-corrected chi connectivity index (χ0v) is 9.01. The molecule has 0 fully saturated rings. The van der Waals surface area contributed by atoms with Gasteiger partial charge in [0.15, 0.2) is 0 Å². The van der Waals surface area contributed by atoms with Crippen LogP contribution in [0, 0.1) is 12.3 Å². The molecule has 0 bridgehead atoms. The first-order chi connectivity index (χ1) is 6.74. The van der Waals surface area contributed by atoms with Crippen LogP contribution in [0.2, 0.25) is 5.02 Å². The Labute approximate surface area is 90.5 Å². The molecule has 2 heteroatoms. The predicted molar refractivity (Wildman–Crippen MR) is 61.2 cm³/mol. The number of terminal acetylenes is 1. The van der Waals surface area contributed by atoms with E-state index in [9.17, 15) is 0 Å². The topological polar surface area (TPSA) is 12.0 Å². The zero-order chi connectivity index (χ0) is 10.4. The van der Waals surface area contributed by atoms with Gasteiger partial charge in [0.05, 0.1) is 0 Å². The Kier molecular flexibility index (Phi) is 4.52. The van der Waals surface area contributed by atoms with Crippen LogP contribution in [-0.4, -0.2) is 6.04 Å². The third-order valence-electron chi connectivity index (χ3n) is 2.02. The Hall–Kier alpha value is -0.970. The van der Waals surface area contributed by atoms with Crippen LogP contribution in [0.4, 0.5) is 0 Å². The molecule has 1 unspecified atom stereocenters. The van der Waals surface area contributed by atoms with E-state index in [4.69, 9.17) is 18.0 Å². The van der Waals surface area contributed by atoms with E-state index in [1.54, 1.807) is 0 Å². The van der Waals surface area contributed by atoms with Gasteiger partial charge in [0.25, 0.3) is 0 Å². The van der Waals surface area contributed by atoms with E-state index in [0.29, 0.717) is 6.04 Å². The van der Waals surface area contributed by atoms with Crippen molar-refractivity contribution < 1.29 is 0 Å². The van der Waals surface area contributed by atoms with Gasteiger partial charge in [-0.25, -0.2) is 0 Å². The Balaban J connectivity index is 2.46. The number of rotatable bonds is 4. The second kappa shape index (κ2) is 5.70. The van der Waals surface area contributed by atoms with E-state index in [2.05, 4.69) is 18.2 Å². The van der Waals surface area contributed by atoms with Crippen LogP contribution >= 0.6 is 11.6 Å². The van der Waals surface area contributed by atoms with Crippen LogP contribution in [0.5, 0.6) is 0 Å². The van der Waals surface area contributed by atoms with Gasteiger partial charge in [0.2, 0.25) is 0 Å². The number of hydrogen-bond acceptors (Lipinski definition) is 1. The van der Waals surface area contributed by atoms with E-state index < -0.39 is 0 Å². The first-order valence-corrected chi connectivity index (χ1v) is 5.02. The van der Waals surface area contributed by atoms with Crippen LogP contribution in [0.3, 0.4) is 0 Å². The van der Waals surface area contributed by atoms with Crippen LogP contribution in [-0.2, 0) is 6.54 Å². The molecule has 0 amide bonds. The van der Waals surface area contributed by atoms with Crippen molar-refractivity contribution in [1.29, 1.82) is 0 Å². The van der Waals surface area contributed by atoms with E-state index in [-0.39, 0.29) is 0 Å². The first kappa shape index (κ1) is 11.1. The van der Waals surface area contributed by atoms with E-state index >= 15 is 0 Å². The molecule has 0 aliphatic carbocycles. The zero-order valence-electron chi connectivity index (χ0n) is 8.26. The Morgan fingerprint density at radius 1 is 1.50 bits per heavy atom. The SMILES string of the molecule is C#CCC(C)NCc1ccccc1Cl. The van der Waals surface area contributed by atoms with E-state index in [1.165, 1.54) is 0 Å². The maximum atomic E-state index is 6.00. The molecule has 14 heavy (non-hydrogen) atoms. The Morgan fingerprint density at radius 3 is 2.86 bits per heavy atom. The first-order valence-electron chi connectivity index (χ1n) is 4.64. The average molecular weight is 208 g/mol. The average Bonchev–Trinajstić information content (AvgIpc) is 2.17. The van der Waals surface area contributed by atoms with Crippen molar-refractivity contribution in [3.63, 3.8) is 0 Å². The molecule has 0 aliphatic heterocycles. The molecule has 1 aromatic carbocycles. The van der Waals surface area contributed by atoms with Gasteiger partial charge in [-0.3, -0.25) is 0 Å². The van der Waals surface area contributed by atoms with Crippen molar-refractivity contribution >= 4 is 11.6 Å². The second-order valence-electron chi connectivity index (χ2n) is 3.28. The third-order valence-corrected chi connectivity index (χ3v) is 2.39. The Bertz CT molecular complexity index is 327. The quantitative estimate of drug-likeness (QED) is 0.749. The second-order valence-corrected chi connectivity index (χ2v) is 3.69. The molecule has 0 aliphatic rings. The molecule has 1 aromatic rings. The molecular weight excluding hydrogens is 194 g/mol. The van der Waals surface area contributed by atoms with Gasteiger partial charge >= 0.3 is 0 Å². The molecule has 0 saturated heterocycles. The summed E-state index contributed by atoms with van der Waals surface area (Å²) in [5, 5.41) is 4.11. The smallest absolute Gasteiger partial charge is 0.0450 e. The van der Waals surface area contributed by atoms with Crippen molar-refractivity contribution in [3.05, 3.63) is 34.9 Å². The standard InChI is InChI=1S/C12H14ClN/c1-3-6-10(2)14-9-11-7-4-5-8-12(11)13/h1,4-5,7-8,10,14H,6,9H2,2H3. The van der Waals surface area contributed by atoms with Crippen LogP contribution in [0.25, 0.3) is 0 Å². The van der Waals surface area contributed by atoms with Gasteiger partial charge in [-0.1, -0.05) is 29.8 Å². The van der Waals surface area contributed by atoms with Crippen molar-refractivity contribution in [2.24, 2.45) is 0 Å². The van der Waals surface area contributed by atoms with Gasteiger partial charge in [-0.2, -0.15) is 0 Å². The highest BCUT2D eigenvalue weighted by atomic mass is 35.5. The molecule has 1 nitrogen and oxygen atoms in total. The molecule has 1 N–H and O–H groups in total. The minimum absolute atomic E-state index is 0.330. The maximum Gasteiger partial charge on any atom is 0.0450 e. The van der Waals surface area contributed by atoms with Gasteiger partial charge in [0.1, 0.15) is 0 Å². The molecule has 0 heterocycles. The summed E-state index contributed by atoms with van der Waals surface area (Å²) in [7, 11) is 0. The number of hydrogen-bond donors (Lipinski definition) is 1. The fraction of sp³-hybridized carbons (Fsp3) is 0.333. The molecule has 1 atom stereocenters. The minimum atomic E-state index is 0.330. The van der Waals surface area contributed by atoms with Crippen LogP contribution in [0.15, 0.2) is 24.3 Å². The Morgan fingerprint density at radius 2 is 2.21 bits per heavy atom. The largest absolute Gasteiger partial charge is 0.309 e. The highest BCUT2D eigenvalue weighted by Gasteiger charge is 2.01. The summed E-state index contributed by atoms with van der Waals surface area (Å²) in [4.78, 5) is 0. The minimum Gasteiger partial charge on any atom is -0.309 e. The number of halogens is 1. The van der Waals surface area contributed by atoms with Crippen molar-refractivity contribution in [1.82, 2.24) is 5.32 Å². The summed E-state index contributed by atoms with van der Waals surface area (Å²) in [5.41, 5.74) is 1.11. The summed E-state index contributed by atoms with van der Waals surface area (Å²) >= 11 is 6.00.